The van der Waals surface area contributed by atoms with Gasteiger partial charge in [0, 0.05) is 50.3 Å². The third-order valence-corrected chi connectivity index (χ3v) is 10.5. The molecule has 0 bridgehead atoms. The number of benzene rings is 8. The van der Waals surface area contributed by atoms with Crippen LogP contribution in [0.3, 0.4) is 0 Å². The summed E-state index contributed by atoms with van der Waals surface area (Å²) in [6.45, 7) is 0. The second-order valence-electron chi connectivity index (χ2n) is 13.1. The highest BCUT2D eigenvalue weighted by atomic mass is 15.1. The Labute approximate surface area is 288 Å². The van der Waals surface area contributed by atoms with Crippen molar-refractivity contribution in [1.82, 2.24) is 13.7 Å². The molecular weight excluding hydrogens is 607 g/mol. The van der Waals surface area contributed by atoms with Gasteiger partial charge in [-0.3, -0.25) is 0 Å². The zero-order valence-corrected chi connectivity index (χ0v) is 27.2. The Balaban J connectivity index is 1.22. The number of nitrogens with zero attached hydrogens (tertiary/aromatic N) is 3. The van der Waals surface area contributed by atoms with Gasteiger partial charge in [0.05, 0.1) is 33.1 Å². The number of aromatic nitrogens is 2. The van der Waals surface area contributed by atoms with Crippen LogP contribution in [0.1, 0.15) is 11.1 Å². The summed E-state index contributed by atoms with van der Waals surface area (Å²) in [6.07, 6.45) is 0. The molecule has 0 spiro atoms. The molecule has 0 aliphatic carbocycles. The molecule has 0 radical (unpaired) electrons. The van der Waals surface area contributed by atoms with E-state index in [1.807, 2.05) is 0 Å². The number of hydrogen-bond acceptors (Lipinski definition) is 0. The smallest absolute Gasteiger partial charge is 0.233 e. The predicted octanol–water partition coefficient (Wildman–Crippen LogP) is 11.7. The van der Waals surface area contributed by atoms with Crippen LogP contribution in [-0.4, -0.2) is 14.8 Å². The van der Waals surface area contributed by atoms with E-state index in [1.165, 1.54) is 88.3 Å². The van der Waals surface area contributed by atoms with Crippen LogP contribution in [0.25, 0.3) is 65.8 Å². The first kappa shape index (κ1) is 27.3. The largest absolute Gasteiger partial charge is 0.309 e. The highest BCUT2D eigenvalue weighted by Gasteiger charge is 2.39. The van der Waals surface area contributed by atoms with E-state index in [4.69, 9.17) is 0 Å². The van der Waals surface area contributed by atoms with Crippen molar-refractivity contribution < 1.29 is 0 Å². The molecule has 8 aromatic carbocycles. The summed E-state index contributed by atoms with van der Waals surface area (Å²) >= 11 is 0. The Morgan fingerprint density at radius 2 is 0.900 bits per heavy atom. The van der Waals surface area contributed by atoms with Gasteiger partial charge in [-0.2, -0.15) is 4.58 Å². The van der Waals surface area contributed by atoms with Gasteiger partial charge in [-0.05, 0) is 66.7 Å². The highest BCUT2D eigenvalue weighted by Crippen LogP contribution is 2.44. The van der Waals surface area contributed by atoms with Gasteiger partial charge >= 0.3 is 0 Å². The van der Waals surface area contributed by atoms with E-state index in [1.54, 1.807) is 0 Å². The summed E-state index contributed by atoms with van der Waals surface area (Å²) in [5, 5.41) is 7.48. The second kappa shape index (κ2) is 10.4. The lowest BCUT2D eigenvalue weighted by Crippen LogP contribution is -2.30. The Hall–Kier alpha value is -6.71. The molecule has 3 heterocycles. The molecule has 3 nitrogen and oxygen atoms in total. The van der Waals surface area contributed by atoms with Crippen molar-refractivity contribution in [3.05, 3.63) is 193 Å². The maximum absolute atomic E-state index is 2.48. The van der Waals surface area contributed by atoms with E-state index < -0.39 is 0 Å². The van der Waals surface area contributed by atoms with Crippen molar-refractivity contribution in [2.45, 2.75) is 0 Å². The van der Waals surface area contributed by atoms with Crippen LogP contribution in [0.4, 0.5) is 11.4 Å². The molecule has 0 atom stereocenters. The molecule has 0 amide bonds. The molecule has 11 rings (SSSR count). The van der Waals surface area contributed by atoms with Crippen LogP contribution in [0.2, 0.25) is 0 Å². The normalized spacial score (nSPS) is 12.7. The lowest BCUT2D eigenvalue weighted by molar-refractivity contribution is 1.04. The first-order chi connectivity index (χ1) is 24.8. The summed E-state index contributed by atoms with van der Waals surface area (Å²) in [7, 11) is 0. The van der Waals surface area contributed by atoms with Crippen molar-refractivity contribution >= 4 is 71.5 Å². The molecule has 50 heavy (non-hydrogen) atoms. The molecule has 3 heteroatoms. The van der Waals surface area contributed by atoms with E-state index in [0.29, 0.717) is 0 Å². The van der Waals surface area contributed by atoms with Crippen molar-refractivity contribution in [2.24, 2.45) is 0 Å². The first-order valence-corrected chi connectivity index (χ1v) is 17.2. The monoisotopic (exact) mass is 636 g/mol. The third-order valence-electron chi connectivity index (χ3n) is 10.5. The average molecular weight is 637 g/mol. The minimum absolute atomic E-state index is 1.16. The minimum atomic E-state index is 1.16. The Bertz CT molecular complexity index is 3020. The Morgan fingerprint density at radius 3 is 1.64 bits per heavy atom. The highest BCUT2D eigenvalue weighted by molar-refractivity contribution is 6.25. The van der Waals surface area contributed by atoms with Crippen molar-refractivity contribution in [3.8, 4) is 11.4 Å². The molecule has 1 aliphatic rings. The quantitative estimate of drug-likeness (QED) is 0.171. The molecule has 10 aromatic rings. The van der Waals surface area contributed by atoms with Gasteiger partial charge in [0.2, 0.25) is 17.1 Å². The van der Waals surface area contributed by atoms with Gasteiger partial charge in [-0.15, -0.1) is 0 Å². The molecule has 0 fully saturated rings. The fourth-order valence-electron chi connectivity index (χ4n) is 8.39. The summed E-state index contributed by atoms with van der Waals surface area (Å²) in [4.78, 5) is 0. The van der Waals surface area contributed by atoms with Crippen LogP contribution in [0, 0.1) is 0 Å². The van der Waals surface area contributed by atoms with Gasteiger partial charge < -0.3 is 9.13 Å². The SMILES string of the molecule is c1ccc(C2=[N+](c3ccc(-n4c5ccccc5c5cc6c7ccccc7n(-c7ccccc7)c6cc54)c4ccccc34)c3ccccc32)cc1. The zero-order chi connectivity index (χ0) is 32.8. The minimum Gasteiger partial charge on any atom is -0.309 e. The topological polar surface area (TPSA) is 12.9 Å². The molecule has 1 aliphatic heterocycles. The third kappa shape index (κ3) is 3.72. The number of rotatable bonds is 4. The van der Waals surface area contributed by atoms with Gasteiger partial charge in [0.15, 0.2) is 0 Å². The van der Waals surface area contributed by atoms with E-state index in [0.717, 1.165) is 5.69 Å². The van der Waals surface area contributed by atoms with Crippen LogP contribution in [0.15, 0.2) is 182 Å². The summed E-state index contributed by atoms with van der Waals surface area (Å²) in [6, 6.07) is 66.2. The molecule has 232 valence electrons. The van der Waals surface area contributed by atoms with Crippen LogP contribution < -0.4 is 4.58 Å². The maximum atomic E-state index is 2.48. The van der Waals surface area contributed by atoms with Gasteiger partial charge in [0.1, 0.15) is 5.56 Å². The average Bonchev–Trinajstić information content (AvgIpc) is 3.67. The summed E-state index contributed by atoms with van der Waals surface area (Å²) in [5.74, 6) is 0. The van der Waals surface area contributed by atoms with E-state index in [9.17, 15) is 0 Å². The van der Waals surface area contributed by atoms with Gasteiger partial charge in [0.25, 0.3) is 0 Å². The number of fused-ring (bicyclic) bond motifs is 8. The fourth-order valence-corrected chi connectivity index (χ4v) is 8.39. The van der Waals surface area contributed by atoms with Crippen molar-refractivity contribution in [1.29, 1.82) is 0 Å². The van der Waals surface area contributed by atoms with Gasteiger partial charge in [-0.1, -0.05) is 103 Å². The van der Waals surface area contributed by atoms with E-state index in [2.05, 4.69) is 196 Å². The lowest BCUT2D eigenvalue weighted by Gasteiger charge is -2.21. The van der Waals surface area contributed by atoms with Crippen LogP contribution in [0.5, 0.6) is 0 Å². The molecule has 0 saturated heterocycles. The number of para-hydroxylation sites is 4. The van der Waals surface area contributed by atoms with Crippen LogP contribution >= 0.6 is 0 Å². The van der Waals surface area contributed by atoms with Crippen molar-refractivity contribution in [2.75, 3.05) is 0 Å². The second-order valence-corrected chi connectivity index (χ2v) is 13.1. The van der Waals surface area contributed by atoms with E-state index in [-0.39, 0.29) is 0 Å². The van der Waals surface area contributed by atoms with Crippen LogP contribution in [-0.2, 0) is 0 Å². The lowest BCUT2D eigenvalue weighted by atomic mass is 9.92. The zero-order valence-electron chi connectivity index (χ0n) is 27.2. The summed E-state index contributed by atoms with van der Waals surface area (Å²) < 4.78 is 7.33. The first-order valence-electron chi connectivity index (χ1n) is 17.2. The van der Waals surface area contributed by atoms with Gasteiger partial charge in [-0.25, -0.2) is 0 Å². The Kier molecular flexibility index (Phi) is 5.67. The molecular formula is C47H30N3+. The molecule has 2 aromatic heterocycles. The van der Waals surface area contributed by atoms with E-state index >= 15 is 0 Å². The summed E-state index contributed by atoms with van der Waals surface area (Å²) in [5.41, 5.74) is 13.3. The fraction of sp³-hybridized carbons (Fsp3) is 0. The van der Waals surface area contributed by atoms with Crippen molar-refractivity contribution in [3.63, 3.8) is 0 Å². The molecule has 0 unspecified atom stereocenters. The molecule has 0 saturated carbocycles. The number of hydrogen-bond donors (Lipinski definition) is 0. The predicted molar refractivity (Wildman–Crippen MR) is 210 cm³/mol. The standard InChI is InChI=1S/C47H30N3/c1-3-15-31(16-4-1)47-37-23-11-14-26-42(37)50(47)44-28-27-43(33-19-7-8-20-34(33)44)49-41-25-13-10-22-36(41)39-29-38-35-21-9-12-24-40(35)48(45(38)30-46(39)49)32-17-5-2-6-18-32/h1-30H/q+1. The maximum Gasteiger partial charge on any atom is 0.233 e. The molecule has 0 N–H and O–H groups in total. The Morgan fingerprint density at radius 1 is 0.340 bits per heavy atom.